The van der Waals surface area contributed by atoms with E-state index in [1.165, 1.54) is 12.8 Å². The molecule has 0 bridgehead atoms. The molecule has 5 heteroatoms. The van der Waals surface area contributed by atoms with Crippen molar-refractivity contribution in [2.24, 2.45) is 16.3 Å². The molecule has 2 rings (SSSR count). The van der Waals surface area contributed by atoms with Crippen LogP contribution in [0.25, 0.3) is 0 Å². The van der Waals surface area contributed by atoms with Crippen molar-refractivity contribution in [2.75, 3.05) is 6.54 Å². The van der Waals surface area contributed by atoms with Gasteiger partial charge in [-0.3, -0.25) is 4.79 Å². The molecule has 1 unspecified atom stereocenters. The topological polar surface area (TPSA) is 78.9 Å². The Hall–Kier alpha value is -1.26. The number of hydrogen-bond acceptors (Lipinski definition) is 3. The first-order valence-corrected chi connectivity index (χ1v) is 7.91. The van der Waals surface area contributed by atoms with Gasteiger partial charge in [-0.2, -0.15) is 0 Å². The molecule has 2 fully saturated rings. The molecule has 0 aromatic rings. The third kappa shape index (κ3) is 2.76. The van der Waals surface area contributed by atoms with Gasteiger partial charge in [0.2, 0.25) is 5.91 Å². The van der Waals surface area contributed by atoms with Crippen molar-refractivity contribution < 1.29 is 10.0 Å². The van der Waals surface area contributed by atoms with Crippen LogP contribution in [0, 0.1) is 5.41 Å². The standard InChI is InChI=1S/C15H27N3O2/c1-12-8-4-2-7-11-18(12)14(19)15(13(16)17-20)9-5-3-6-10-15/h12,20H,2-11H2,1H3,(H2,16,17). The molecule has 1 aliphatic heterocycles. The van der Waals surface area contributed by atoms with Crippen LogP contribution in [0.1, 0.15) is 64.7 Å². The highest BCUT2D eigenvalue weighted by atomic mass is 16.4. The summed E-state index contributed by atoms with van der Waals surface area (Å²) in [4.78, 5) is 15.1. The highest BCUT2D eigenvalue weighted by molar-refractivity contribution is 6.06. The Bertz CT molecular complexity index is 375. The summed E-state index contributed by atoms with van der Waals surface area (Å²) in [6.45, 7) is 2.92. The van der Waals surface area contributed by atoms with E-state index in [1.807, 2.05) is 4.90 Å². The zero-order valence-corrected chi connectivity index (χ0v) is 12.5. The summed E-state index contributed by atoms with van der Waals surface area (Å²) in [5.74, 6) is 0.195. The van der Waals surface area contributed by atoms with Crippen LogP contribution in [-0.4, -0.2) is 34.4 Å². The van der Waals surface area contributed by atoms with Gasteiger partial charge in [-0.15, -0.1) is 0 Å². The molecule has 5 nitrogen and oxygen atoms in total. The molecule has 1 aliphatic carbocycles. The van der Waals surface area contributed by atoms with Crippen LogP contribution in [0.5, 0.6) is 0 Å². The van der Waals surface area contributed by atoms with Crippen LogP contribution in [0.3, 0.4) is 0 Å². The molecule has 1 saturated carbocycles. The van der Waals surface area contributed by atoms with Crippen LogP contribution in [0.4, 0.5) is 0 Å². The van der Waals surface area contributed by atoms with Crippen LogP contribution in [0.15, 0.2) is 5.16 Å². The number of likely N-dealkylation sites (tertiary alicyclic amines) is 1. The number of amides is 1. The largest absolute Gasteiger partial charge is 0.409 e. The van der Waals surface area contributed by atoms with Gasteiger partial charge in [0.15, 0.2) is 5.84 Å². The summed E-state index contributed by atoms with van der Waals surface area (Å²) in [7, 11) is 0. The average molecular weight is 281 g/mol. The van der Waals surface area contributed by atoms with E-state index in [9.17, 15) is 4.79 Å². The lowest BCUT2D eigenvalue weighted by atomic mass is 9.71. The van der Waals surface area contributed by atoms with E-state index in [0.29, 0.717) is 12.8 Å². The predicted molar refractivity (Wildman–Crippen MR) is 78.6 cm³/mol. The van der Waals surface area contributed by atoms with Gasteiger partial charge in [-0.05, 0) is 32.6 Å². The first kappa shape index (κ1) is 15.1. The zero-order valence-electron chi connectivity index (χ0n) is 12.5. The number of nitrogens with two attached hydrogens (primary N) is 1. The number of nitrogens with zero attached hydrogens (tertiary/aromatic N) is 2. The summed E-state index contributed by atoms with van der Waals surface area (Å²) >= 11 is 0. The van der Waals surface area contributed by atoms with Gasteiger partial charge in [-0.25, -0.2) is 0 Å². The highest BCUT2D eigenvalue weighted by Crippen LogP contribution is 2.39. The van der Waals surface area contributed by atoms with Crippen LogP contribution in [0.2, 0.25) is 0 Å². The Morgan fingerprint density at radius 2 is 1.85 bits per heavy atom. The second-order valence-electron chi connectivity index (χ2n) is 6.32. The van der Waals surface area contributed by atoms with Crippen LogP contribution < -0.4 is 5.73 Å². The summed E-state index contributed by atoms with van der Waals surface area (Å²) in [6, 6.07) is 0.260. The Morgan fingerprint density at radius 1 is 1.20 bits per heavy atom. The van der Waals surface area contributed by atoms with E-state index >= 15 is 0 Å². The fourth-order valence-corrected chi connectivity index (χ4v) is 3.68. The molecule has 1 saturated heterocycles. The maximum atomic E-state index is 13.1. The van der Waals surface area contributed by atoms with Crippen molar-refractivity contribution in [3.8, 4) is 0 Å². The number of carbonyl (C=O) groups excluding carboxylic acids is 1. The van der Waals surface area contributed by atoms with Crippen molar-refractivity contribution in [3.05, 3.63) is 0 Å². The normalized spacial score (nSPS) is 27.9. The third-order valence-corrected chi connectivity index (χ3v) is 5.03. The molecule has 1 atom stereocenters. The summed E-state index contributed by atoms with van der Waals surface area (Å²) < 4.78 is 0. The SMILES string of the molecule is CC1CCCCCN1C(=O)C1(C(N)=NO)CCCCC1. The molecule has 1 amide bonds. The van der Waals surface area contributed by atoms with E-state index in [-0.39, 0.29) is 17.8 Å². The van der Waals surface area contributed by atoms with Crippen molar-refractivity contribution in [1.82, 2.24) is 4.90 Å². The fourth-order valence-electron chi connectivity index (χ4n) is 3.68. The molecule has 0 aromatic heterocycles. The third-order valence-electron chi connectivity index (χ3n) is 5.03. The van der Waals surface area contributed by atoms with Gasteiger partial charge in [0, 0.05) is 12.6 Å². The Morgan fingerprint density at radius 3 is 2.50 bits per heavy atom. The molecule has 2 aliphatic rings. The predicted octanol–water partition coefficient (Wildman–Crippen LogP) is 2.47. The summed E-state index contributed by atoms with van der Waals surface area (Å²) in [6.07, 6.45) is 8.99. The number of carbonyl (C=O) groups is 1. The average Bonchev–Trinajstić information content (AvgIpc) is 2.70. The summed E-state index contributed by atoms with van der Waals surface area (Å²) in [5.41, 5.74) is 5.17. The first-order valence-electron chi connectivity index (χ1n) is 7.91. The molecule has 0 aromatic carbocycles. The van der Waals surface area contributed by atoms with Gasteiger partial charge in [0.25, 0.3) is 0 Å². The number of hydrogen-bond donors (Lipinski definition) is 2. The second-order valence-corrected chi connectivity index (χ2v) is 6.32. The second kappa shape index (κ2) is 6.46. The van der Waals surface area contributed by atoms with Crippen molar-refractivity contribution in [1.29, 1.82) is 0 Å². The molecule has 20 heavy (non-hydrogen) atoms. The van der Waals surface area contributed by atoms with E-state index in [4.69, 9.17) is 10.9 Å². The monoisotopic (exact) mass is 281 g/mol. The number of oxime groups is 1. The van der Waals surface area contributed by atoms with E-state index < -0.39 is 5.41 Å². The first-order chi connectivity index (χ1) is 9.62. The summed E-state index contributed by atoms with van der Waals surface area (Å²) in [5, 5.41) is 12.3. The van der Waals surface area contributed by atoms with E-state index in [1.54, 1.807) is 0 Å². The Kier molecular flexibility index (Phi) is 4.89. The van der Waals surface area contributed by atoms with Gasteiger partial charge >= 0.3 is 0 Å². The Labute approximate surface area is 121 Å². The van der Waals surface area contributed by atoms with Gasteiger partial charge in [0.1, 0.15) is 5.41 Å². The van der Waals surface area contributed by atoms with Crippen molar-refractivity contribution >= 4 is 11.7 Å². The molecule has 1 heterocycles. The fraction of sp³-hybridized carbons (Fsp3) is 0.867. The van der Waals surface area contributed by atoms with Crippen LogP contribution in [-0.2, 0) is 4.79 Å². The molecule has 114 valence electrons. The van der Waals surface area contributed by atoms with E-state index in [2.05, 4.69) is 12.1 Å². The van der Waals surface area contributed by atoms with Gasteiger partial charge < -0.3 is 15.8 Å². The minimum absolute atomic E-state index is 0.0851. The molecular formula is C15H27N3O2. The number of rotatable bonds is 2. The van der Waals surface area contributed by atoms with Gasteiger partial charge in [-0.1, -0.05) is 37.3 Å². The highest BCUT2D eigenvalue weighted by Gasteiger charge is 2.46. The maximum absolute atomic E-state index is 13.1. The Balaban J connectivity index is 2.25. The molecule has 0 spiro atoms. The lowest BCUT2D eigenvalue weighted by Gasteiger charge is -2.40. The smallest absolute Gasteiger partial charge is 0.236 e. The maximum Gasteiger partial charge on any atom is 0.236 e. The molecule has 0 radical (unpaired) electrons. The molecule has 3 N–H and O–H groups in total. The minimum atomic E-state index is -0.758. The quantitative estimate of drug-likeness (QED) is 0.353. The number of amidine groups is 1. The van der Waals surface area contributed by atoms with Gasteiger partial charge in [0.05, 0.1) is 0 Å². The van der Waals surface area contributed by atoms with Crippen LogP contribution >= 0.6 is 0 Å². The van der Waals surface area contributed by atoms with E-state index in [0.717, 1.165) is 38.6 Å². The van der Waals surface area contributed by atoms with Crippen molar-refractivity contribution in [3.63, 3.8) is 0 Å². The molecular weight excluding hydrogens is 254 g/mol. The lowest BCUT2D eigenvalue weighted by Crippen LogP contribution is -2.54. The zero-order chi connectivity index (χ0) is 14.6. The minimum Gasteiger partial charge on any atom is -0.409 e. The lowest BCUT2D eigenvalue weighted by molar-refractivity contribution is -0.142. The van der Waals surface area contributed by atoms with Crippen molar-refractivity contribution in [2.45, 2.75) is 70.8 Å².